The molecule has 27 heavy (non-hydrogen) atoms. The maximum atomic E-state index is 9.65. The van der Waals surface area contributed by atoms with Crippen molar-refractivity contribution in [1.29, 1.82) is 5.26 Å². The summed E-state index contributed by atoms with van der Waals surface area (Å²) in [6.45, 7) is 1.73. The number of piperidine rings is 1. The van der Waals surface area contributed by atoms with Gasteiger partial charge in [-0.25, -0.2) is 0 Å². The molecule has 3 rings (SSSR count). The van der Waals surface area contributed by atoms with E-state index in [1.54, 1.807) is 31.6 Å². The van der Waals surface area contributed by atoms with E-state index in [2.05, 4.69) is 17.0 Å². The number of nitriles is 1. The molecular weight excluding hydrogens is 384 g/mol. The average Bonchev–Trinajstić information content (AvgIpc) is 3.14. The third-order valence-electron chi connectivity index (χ3n) is 4.49. The Labute approximate surface area is 169 Å². The third-order valence-corrected chi connectivity index (χ3v) is 5.58. The molecule has 1 aromatic carbocycles. The number of aliphatic hydroxyl groups excluding tert-OH is 1. The highest BCUT2D eigenvalue weighted by Crippen LogP contribution is 2.33. The van der Waals surface area contributed by atoms with Crippen LogP contribution >= 0.6 is 23.7 Å². The zero-order valence-electron chi connectivity index (χ0n) is 15.3. The van der Waals surface area contributed by atoms with Gasteiger partial charge in [-0.1, -0.05) is 0 Å². The number of ether oxygens (including phenoxy) is 2. The minimum Gasteiger partial charge on any atom is -0.493 e. The highest BCUT2D eigenvalue weighted by molar-refractivity contribution is 7.17. The van der Waals surface area contributed by atoms with E-state index in [4.69, 9.17) is 9.47 Å². The van der Waals surface area contributed by atoms with Crippen molar-refractivity contribution in [1.82, 2.24) is 0 Å². The van der Waals surface area contributed by atoms with Gasteiger partial charge in [0, 0.05) is 18.0 Å². The number of rotatable bonds is 5. The van der Waals surface area contributed by atoms with Gasteiger partial charge in [0.25, 0.3) is 0 Å². The van der Waals surface area contributed by atoms with Gasteiger partial charge in [0.1, 0.15) is 0 Å². The first-order valence-corrected chi connectivity index (χ1v) is 9.33. The van der Waals surface area contributed by atoms with Crippen molar-refractivity contribution >= 4 is 40.4 Å². The second-order valence-electron chi connectivity index (χ2n) is 6.13. The van der Waals surface area contributed by atoms with Crippen LogP contribution in [-0.2, 0) is 0 Å². The van der Waals surface area contributed by atoms with Crippen LogP contribution in [0, 0.1) is 11.3 Å². The number of anilines is 1. The van der Waals surface area contributed by atoms with Crippen LogP contribution in [0.1, 0.15) is 23.3 Å². The Bertz CT molecular complexity index is 836. The number of aliphatic hydroxyl groups is 1. The first kappa shape index (κ1) is 21.1. The number of hydrogen-bond donors (Lipinski definition) is 1. The number of methoxy groups -OCH3 is 2. The summed E-state index contributed by atoms with van der Waals surface area (Å²) in [7, 11) is 3.17. The molecule has 2 heterocycles. The Morgan fingerprint density at radius 3 is 2.52 bits per heavy atom. The Balaban J connectivity index is 0.00000261. The van der Waals surface area contributed by atoms with Crippen LogP contribution in [0.4, 0.5) is 5.00 Å². The monoisotopic (exact) mass is 406 g/mol. The van der Waals surface area contributed by atoms with Crippen molar-refractivity contribution in [2.45, 2.75) is 18.9 Å². The Morgan fingerprint density at radius 2 is 1.89 bits per heavy atom. The lowest BCUT2D eigenvalue weighted by Crippen LogP contribution is -2.35. The summed E-state index contributed by atoms with van der Waals surface area (Å²) in [5, 5.41) is 20.4. The molecule has 1 aliphatic heterocycles. The van der Waals surface area contributed by atoms with Crippen molar-refractivity contribution in [2.24, 2.45) is 0 Å². The summed E-state index contributed by atoms with van der Waals surface area (Å²) in [6, 6.07) is 11.9. The Kier molecular flexibility index (Phi) is 7.55. The third kappa shape index (κ3) is 4.95. The van der Waals surface area contributed by atoms with Gasteiger partial charge in [0.05, 0.1) is 37.0 Å². The van der Waals surface area contributed by atoms with Gasteiger partial charge in [-0.3, -0.25) is 0 Å². The molecular formula is C20H23ClN2O3S. The van der Waals surface area contributed by atoms with Crippen molar-refractivity contribution in [2.75, 3.05) is 32.2 Å². The quantitative estimate of drug-likeness (QED) is 0.753. The molecule has 0 saturated carbocycles. The summed E-state index contributed by atoms with van der Waals surface area (Å²) >= 11 is 1.66. The number of allylic oxidation sites excluding steroid dienone is 1. The van der Waals surface area contributed by atoms with Crippen LogP contribution in [0.15, 0.2) is 30.3 Å². The van der Waals surface area contributed by atoms with Gasteiger partial charge >= 0.3 is 0 Å². The van der Waals surface area contributed by atoms with Crippen molar-refractivity contribution < 1.29 is 14.6 Å². The van der Waals surface area contributed by atoms with E-state index in [0.717, 1.165) is 36.4 Å². The molecule has 1 N–H and O–H groups in total. The van der Waals surface area contributed by atoms with E-state index >= 15 is 0 Å². The molecule has 0 amide bonds. The highest BCUT2D eigenvalue weighted by atomic mass is 35.5. The van der Waals surface area contributed by atoms with Crippen LogP contribution in [0.5, 0.6) is 11.5 Å². The fourth-order valence-corrected chi connectivity index (χ4v) is 4.00. The van der Waals surface area contributed by atoms with Crippen LogP contribution in [0.25, 0.3) is 11.6 Å². The molecule has 1 aliphatic rings. The Morgan fingerprint density at radius 1 is 1.19 bits per heavy atom. The average molecular weight is 407 g/mol. The molecule has 5 nitrogen and oxygen atoms in total. The minimum absolute atomic E-state index is 0. The number of benzene rings is 1. The van der Waals surface area contributed by atoms with Gasteiger partial charge in [-0.2, -0.15) is 5.26 Å². The van der Waals surface area contributed by atoms with Gasteiger partial charge in [-0.15, -0.1) is 23.7 Å². The van der Waals surface area contributed by atoms with E-state index in [-0.39, 0.29) is 18.5 Å². The lowest BCUT2D eigenvalue weighted by molar-refractivity contribution is 0.145. The molecule has 7 heteroatoms. The van der Waals surface area contributed by atoms with Crippen LogP contribution in [0.3, 0.4) is 0 Å². The van der Waals surface area contributed by atoms with E-state index in [1.807, 2.05) is 24.3 Å². The topological polar surface area (TPSA) is 65.7 Å². The molecule has 1 fully saturated rings. The lowest BCUT2D eigenvalue weighted by Gasteiger charge is -2.30. The molecule has 0 bridgehead atoms. The number of halogens is 1. The second-order valence-corrected chi connectivity index (χ2v) is 7.23. The van der Waals surface area contributed by atoms with Gasteiger partial charge in [-0.05, 0) is 54.8 Å². The largest absolute Gasteiger partial charge is 0.493 e. The normalized spacial score (nSPS) is 15.0. The van der Waals surface area contributed by atoms with Crippen molar-refractivity contribution in [3.63, 3.8) is 0 Å². The minimum atomic E-state index is -0.180. The molecule has 1 saturated heterocycles. The summed E-state index contributed by atoms with van der Waals surface area (Å²) in [5.74, 6) is 1.24. The predicted molar refractivity (Wildman–Crippen MR) is 112 cm³/mol. The van der Waals surface area contributed by atoms with Crippen LogP contribution in [0.2, 0.25) is 0 Å². The van der Waals surface area contributed by atoms with Crippen LogP contribution < -0.4 is 14.4 Å². The predicted octanol–water partition coefficient (Wildman–Crippen LogP) is 4.21. The van der Waals surface area contributed by atoms with Gasteiger partial charge in [0.2, 0.25) is 0 Å². The van der Waals surface area contributed by atoms with Crippen molar-refractivity contribution in [3.8, 4) is 17.6 Å². The van der Waals surface area contributed by atoms with Crippen LogP contribution in [-0.4, -0.2) is 38.5 Å². The van der Waals surface area contributed by atoms with E-state index in [1.165, 1.54) is 5.00 Å². The summed E-state index contributed by atoms with van der Waals surface area (Å²) in [6.07, 6.45) is 3.32. The maximum Gasteiger partial charge on any atom is 0.161 e. The molecule has 1 aromatic heterocycles. The molecule has 0 radical (unpaired) electrons. The lowest BCUT2D eigenvalue weighted by atomic mass is 10.1. The maximum absolute atomic E-state index is 9.65. The molecule has 144 valence electrons. The molecule has 0 aliphatic carbocycles. The number of nitrogens with zero attached hydrogens (tertiary/aromatic N) is 2. The molecule has 0 atom stereocenters. The first-order chi connectivity index (χ1) is 12.6. The number of hydrogen-bond acceptors (Lipinski definition) is 6. The van der Waals surface area contributed by atoms with Crippen molar-refractivity contribution in [3.05, 3.63) is 40.8 Å². The summed E-state index contributed by atoms with van der Waals surface area (Å²) < 4.78 is 10.6. The Hall–Kier alpha value is -2.20. The van der Waals surface area contributed by atoms with Gasteiger partial charge in [0.15, 0.2) is 11.5 Å². The zero-order chi connectivity index (χ0) is 18.5. The van der Waals surface area contributed by atoms with Gasteiger partial charge < -0.3 is 19.5 Å². The number of thiophene rings is 1. The summed E-state index contributed by atoms with van der Waals surface area (Å²) in [5.41, 5.74) is 1.37. The fraction of sp³-hybridized carbons (Fsp3) is 0.350. The van der Waals surface area contributed by atoms with E-state index < -0.39 is 0 Å². The smallest absolute Gasteiger partial charge is 0.161 e. The second kappa shape index (κ2) is 9.65. The van der Waals surface area contributed by atoms with E-state index in [9.17, 15) is 10.4 Å². The molecule has 2 aromatic rings. The van der Waals surface area contributed by atoms with E-state index in [0.29, 0.717) is 17.1 Å². The fourth-order valence-electron chi connectivity index (χ4n) is 3.00. The molecule has 0 spiro atoms. The SMILES string of the molecule is COc1ccc(/C(C#N)=C/c2ccc(N3CCC(O)CC3)s2)cc1OC.Cl. The summed E-state index contributed by atoms with van der Waals surface area (Å²) in [4.78, 5) is 3.31. The first-order valence-electron chi connectivity index (χ1n) is 8.51. The highest BCUT2D eigenvalue weighted by Gasteiger charge is 2.18. The molecule has 0 unspecified atom stereocenters. The standard InChI is InChI=1S/C20H22N2O3S.ClH/c1-24-18-5-3-14(12-19(18)25-2)15(13-21)11-17-4-6-20(26-17)22-9-7-16(23)8-10-22;/h3-6,11-12,16,23H,7-10H2,1-2H3;1H/b15-11+;. The zero-order valence-corrected chi connectivity index (χ0v) is 17.0.